The lowest BCUT2D eigenvalue weighted by Crippen LogP contribution is -2.32. The lowest BCUT2D eigenvalue weighted by atomic mass is 9.64. The molecule has 14 heavy (non-hydrogen) atoms. The van der Waals surface area contributed by atoms with Gasteiger partial charge in [0.2, 0.25) is 0 Å². The standard InChI is InChI=1S/C12H20O2/c13-12(14)8-9-6-11(7-9)10-4-2-1-3-5-10/h9-11H,1-8H2,(H,13,14). The minimum Gasteiger partial charge on any atom is -0.481 e. The molecule has 1 N–H and O–H groups in total. The van der Waals surface area contributed by atoms with Crippen LogP contribution in [0.25, 0.3) is 0 Å². The molecular weight excluding hydrogens is 176 g/mol. The first-order valence-electron chi connectivity index (χ1n) is 5.97. The molecule has 0 atom stereocenters. The molecule has 2 rings (SSSR count). The first kappa shape index (κ1) is 10.0. The van der Waals surface area contributed by atoms with Crippen molar-refractivity contribution in [3.8, 4) is 0 Å². The molecule has 0 saturated heterocycles. The summed E-state index contributed by atoms with van der Waals surface area (Å²) in [7, 11) is 0. The fourth-order valence-electron chi connectivity index (χ4n) is 3.19. The van der Waals surface area contributed by atoms with Crippen LogP contribution < -0.4 is 0 Å². The van der Waals surface area contributed by atoms with Gasteiger partial charge in [-0.25, -0.2) is 0 Å². The maximum atomic E-state index is 10.5. The number of hydrogen-bond donors (Lipinski definition) is 1. The molecule has 2 aliphatic carbocycles. The highest BCUT2D eigenvalue weighted by Gasteiger charge is 2.35. The Morgan fingerprint density at radius 2 is 1.71 bits per heavy atom. The van der Waals surface area contributed by atoms with Crippen LogP contribution in [0.2, 0.25) is 0 Å². The third-order valence-corrected chi connectivity index (χ3v) is 4.05. The number of carboxylic acid groups (broad SMARTS) is 1. The molecule has 0 amide bonds. The Labute approximate surface area is 85.7 Å². The molecule has 0 aliphatic heterocycles. The Kier molecular flexibility index (Phi) is 3.09. The van der Waals surface area contributed by atoms with E-state index in [9.17, 15) is 4.79 Å². The van der Waals surface area contributed by atoms with E-state index in [0.717, 1.165) is 11.8 Å². The lowest BCUT2D eigenvalue weighted by molar-refractivity contribution is -0.139. The Morgan fingerprint density at radius 3 is 2.29 bits per heavy atom. The summed E-state index contributed by atoms with van der Waals surface area (Å²) in [5.41, 5.74) is 0. The number of hydrogen-bond acceptors (Lipinski definition) is 1. The van der Waals surface area contributed by atoms with Crippen LogP contribution in [-0.4, -0.2) is 11.1 Å². The van der Waals surface area contributed by atoms with Crippen molar-refractivity contribution in [1.29, 1.82) is 0 Å². The molecular formula is C12H20O2. The van der Waals surface area contributed by atoms with Gasteiger partial charge in [0.25, 0.3) is 0 Å². The van der Waals surface area contributed by atoms with E-state index in [1.54, 1.807) is 0 Å². The van der Waals surface area contributed by atoms with E-state index in [4.69, 9.17) is 5.11 Å². The van der Waals surface area contributed by atoms with Gasteiger partial charge in [-0.3, -0.25) is 4.79 Å². The summed E-state index contributed by atoms with van der Waals surface area (Å²) in [6.07, 6.45) is 9.84. The summed E-state index contributed by atoms with van der Waals surface area (Å²) in [5, 5.41) is 8.65. The largest absolute Gasteiger partial charge is 0.481 e. The van der Waals surface area contributed by atoms with E-state index < -0.39 is 5.97 Å². The third-order valence-electron chi connectivity index (χ3n) is 4.05. The van der Waals surface area contributed by atoms with Crippen LogP contribution >= 0.6 is 0 Å². The van der Waals surface area contributed by atoms with Gasteiger partial charge >= 0.3 is 5.97 Å². The minimum absolute atomic E-state index is 0.406. The predicted octanol–water partition coefficient (Wildman–Crippen LogP) is 3.07. The van der Waals surface area contributed by atoms with Gasteiger partial charge in [-0.15, -0.1) is 0 Å². The summed E-state index contributed by atoms with van der Waals surface area (Å²) >= 11 is 0. The summed E-state index contributed by atoms with van der Waals surface area (Å²) in [4.78, 5) is 10.5. The van der Waals surface area contributed by atoms with Crippen molar-refractivity contribution in [2.75, 3.05) is 0 Å². The molecule has 0 radical (unpaired) electrons. The van der Waals surface area contributed by atoms with Gasteiger partial charge in [0.15, 0.2) is 0 Å². The number of carboxylic acids is 1. The summed E-state index contributed by atoms with van der Waals surface area (Å²) in [6, 6.07) is 0. The molecule has 2 heteroatoms. The van der Waals surface area contributed by atoms with Crippen molar-refractivity contribution >= 4 is 5.97 Å². The second kappa shape index (κ2) is 4.33. The quantitative estimate of drug-likeness (QED) is 0.753. The molecule has 80 valence electrons. The van der Waals surface area contributed by atoms with Gasteiger partial charge in [0.05, 0.1) is 0 Å². The van der Waals surface area contributed by atoms with Gasteiger partial charge in [-0.2, -0.15) is 0 Å². The highest BCUT2D eigenvalue weighted by atomic mass is 16.4. The van der Waals surface area contributed by atoms with Crippen molar-refractivity contribution in [1.82, 2.24) is 0 Å². The number of rotatable bonds is 3. The van der Waals surface area contributed by atoms with E-state index in [1.807, 2.05) is 0 Å². The van der Waals surface area contributed by atoms with Crippen LogP contribution in [0.5, 0.6) is 0 Å². The maximum Gasteiger partial charge on any atom is 0.303 e. The zero-order valence-electron chi connectivity index (χ0n) is 8.74. The van der Waals surface area contributed by atoms with Crippen molar-refractivity contribution in [3.05, 3.63) is 0 Å². The fourth-order valence-corrected chi connectivity index (χ4v) is 3.19. The van der Waals surface area contributed by atoms with E-state index in [1.165, 1.54) is 44.9 Å². The predicted molar refractivity (Wildman–Crippen MR) is 55.0 cm³/mol. The van der Waals surface area contributed by atoms with Gasteiger partial charge < -0.3 is 5.11 Å². The average Bonchev–Trinajstić information content (AvgIpc) is 2.12. The zero-order valence-corrected chi connectivity index (χ0v) is 8.74. The molecule has 2 nitrogen and oxygen atoms in total. The third kappa shape index (κ3) is 2.28. The normalized spacial score (nSPS) is 33.7. The van der Waals surface area contributed by atoms with Gasteiger partial charge in [-0.1, -0.05) is 32.1 Å². The number of aliphatic carboxylic acids is 1. The van der Waals surface area contributed by atoms with Crippen molar-refractivity contribution in [2.24, 2.45) is 17.8 Å². The highest BCUT2D eigenvalue weighted by molar-refractivity contribution is 5.67. The van der Waals surface area contributed by atoms with Crippen LogP contribution in [0.15, 0.2) is 0 Å². The fraction of sp³-hybridized carbons (Fsp3) is 0.917. The van der Waals surface area contributed by atoms with Crippen LogP contribution in [0, 0.1) is 17.8 Å². The Balaban J connectivity index is 1.68. The van der Waals surface area contributed by atoms with Crippen LogP contribution in [0.1, 0.15) is 51.4 Å². The van der Waals surface area contributed by atoms with Gasteiger partial charge in [-0.05, 0) is 30.6 Å². The van der Waals surface area contributed by atoms with Crippen molar-refractivity contribution in [3.63, 3.8) is 0 Å². The molecule has 2 aliphatic rings. The highest BCUT2D eigenvalue weighted by Crippen LogP contribution is 2.45. The monoisotopic (exact) mass is 196 g/mol. The maximum absolute atomic E-state index is 10.5. The SMILES string of the molecule is O=C(O)CC1CC(C2CCCCC2)C1. The Morgan fingerprint density at radius 1 is 1.07 bits per heavy atom. The van der Waals surface area contributed by atoms with E-state index in [-0.39, 0.29) is 0 Å². The smallest absolute Gasteiger partial charge is 0.303 e. The minimum atomic E-state index is -0.614. The van der Waals surface area contributed by atoms with Crippen molar-refractivity contribution < 1.29 is 9.90 Å². The molecule has 0 unspecified atom stereocenters. The summed E-state index contributed by atoms with van der Waals surface area (Å²) < 4.78 is 0. The van der Waals surface area contributed by atoms with Crippen LogP contribution in [0.3, 0.4) is 0 Å². The van der Waals surface area contributed by atoms with Crippen LogP contribution in [0.4, 0.5) is 0 Å². The Hall–Kier alpha value is -0.530. The molecule has 0 bridgehead atoms. The molecule has 2 fully saturated rings. The second-order valence-corrected chi connectivity index (χ2v) is 5.09. The average molecular weight is 196 g/mol. The molecule has 0 aromatic carbocycles. The van der Waals surface area contributed by atoms with Crippen molar-refractivity contribution in [2.45, 2.75) is 51.4 Å². The van der Waals surface area contributed by atoms with Gasteiger partial charge in [0, 0.05) is 6.42 Å². The molecule has 0 spiro atoms. The molecule has 0 heterocycles. The zero-order chi connectivity index (χ0) is 9.97. The lowest BCUT2D eigenvalue weighted by Gasteiger charge is -2.41. The summed E-state index contributed by atoms with van der Waals surface area (Å²) in [5.74, 6) is 1.70. The topological polar surface area (TPSA) is 37.3 Å². The molecule has 0 aromatic heterocycles. The van der Waals surface area contributed by atoms with E-state index >= 15 is 0 Å². The van der Waals surface area contributed by atoms with Gasteiger partial charge in [0.1, 0.15) is 0 Å². The van der Waals surface area contributed by atoms with E-state index in [0.29, 0.717) is 12.3 Å². The summed E-state index contributed by atoms with van der Waals surface area (Å²) in [6.45, 7) is 0. The number of carbonyl (C=O) groups is 1. The second-order valence-electron chi connectivity index (χ2n) is 5.09. The first-order valence-corrected chi connectivity index (χ1v) is 5.97. The van der Waals surface area contributed by atoms with E-state index in [2.05, 4.69) is 0 Å². The van der Waals surface area contributed by atoms with Crippen LogP contribution in [-0.2, 0) is 4.79 Å². The first-order chi connectivity index (χ1) is 6.75. The Bertz CT molecular complexity index is 200. The molecule has 0 aromatic rings. The molecule has 2 saturated carbocycles.